The van der Waals surface area contributed by atoms with E-state index in [4.69, 9.17) is 9.47 Å². The smallest absolute Gasteiger partial charge is 0.314 e. The summed E-state index contributed by atoms with van der Waals surface area (Å²) >= 11 is 0. The molecule has 0 fully saturated rings. The lowest BCUT2D eigenvalue weighted by atomic mass is 9.97. The lowest BCUT2D eigenvalue weighted by Gasteiger charge is -2.26. The maximum absolute atomic E-state index is 12.1. The Morgan fingerprint density at radius 1 is 0.818 bits per heavy atom. The second kappa shape index (κ2) is 6.51. The van der Waals surface area contributed by atoms with Crippen LogP contribution in [0.25, 0.3) is 0 Å². The molecule has 4 heteroatoms. The molecule has 0 heterocycles. The summed E-state index contributed by atoms with van der Waals surface area (Å²) in [6.45, 7) is 12.5. The zero-order valence-electron chi connectivity index (χ0n) is 14.5. The molecule has 0 atom stereocenters. The first-order valence-electron chi connectivity index (χ1n) is 7.40. The van der Waals surface area contributed by atoms with Crippen LogP contribution in [0.1, 0.15) is 59.0 Å². The largest absolute Gasteiger partial charge is 0.420 e. The molecule has 0 radical (unpaired) electrons. The molecule has 0 aliphatic rings. The molecule has 1 aromatic carbocycles. The van der Waals surface area contributed by atoms with E-state index in [2.05, 4.69) is 0 Å². The van der Waals surface area contributed by atoms with E-state index in [9.17, 15) is 9.59 Å². The highest BCUT2D eigenvalue weighted by atomic mass is 16.7. The number of aryl methyl sites for hydroxylation is 1. The van der Waals surface area contributed by atoms with Gasteiger partial charge in [0, 0.05) is 5.56 Å². The Balaban J connectivity index is 3.02. The van der Waals surface area contributed by atoms with Crippen molar-refractivity contribution in [2.45, 2.75) is 54.8 Å². The number of carbonyl (C=O) groups excluding carboxylic acids is 2. The van der Waals surface area contributed by atoms with Crippen LogP contribution in [0.2, 0.25) is 0 Å². The van der Waals surface area contributed by atoms with Gasteiger partial charge in [-0.15, -0.1) is 0 Å². The average Bonchev–Trinajstić information content (AvgIpc) is 2.36. The number of hydrogen-bond acceptors (Lipinski definition) is 4. The van der Waals surface area contributed by atoms with Crippen LogP contribution in [0.3, 0.4) is 0 Å². The summed E-state index contributed by atoms with van der Waals surface area (Å²) in [6, 6.07) is 7.37. The van der Waals surface area contributed by atoms with Crippen LogP contribution in [-0.2, 0) is 19.1 Å². The molecule has 0 spiro atoms. The maximum atomic E-state index is 12.1. The highest BCUT2D eigenvalue weighted by Crippen LogP contribution is 2.28. The molecule has 0 aliphatic heterocycles. The number of esters is 2. The van der Waals surface area contributed by atoms with Crippen LogP contribution in [0, 0.1) is 17.8 Å². The third-order valence-electron chi connectivity index (χ3n) is 3.00. The van der Waals surface area contributed by atoms with Crippen LogP contribution in [-0.4, -0.2) is 11.9 Å². The maximum Gasteiger partial charge on any atom is 0.314 e. The molecule has 0 saturated carbocycles. The Labute approximate surface area is 132 Å². The highest BCUT2D eigenvalue weighted by Gasteiger charge is 2.32. The van der Waals surface area contributed by atoms with Crippen LogP contribution in [0.5, 0.6) is 0 Å². The quantitative estimate of drug-likeness (QED) is 0.621. The Morgan fingerprint density at radius 2 is 1.18 bits per heavy atom. The Kier molecular flexibility index (Phi) is 5.39. The third-order valence-corrected chi connectivity index (χ3v) is 3.00. The minimum Gasteiger partial charge on any atom is -0.420 e. The normalized spacial score (nSPS) is 12.2. The average molecular weight is 306 g/mol. The number of ether oxygens (including phenoxy) is 2. The van der Waals surface area contributed by atoms with Gasteiger partial charge in [-0.3, -0.25) is 9.59 Å². The van der Waals surface area contributed by atoms with Crippen molar-refractivity contribution in [3.63, 3.8) is 0 Å². The summed E-state index contributed by atoms with van der Waals surface area (Å²) in [5.74, 6) is -0.834. The second-order valence-corrected chi connectivity index (χ2v) is 7.55. The van der Waals surface area contributed by atoms with E-state index in [0.717, 1.165) is 5.56 Å². The molecule has 0 saturated heterocycles. The first kappa shape index (κ1) is 18.2. The van der Waals surface area contributed by atoms with Gasteiger partial charge in [-0.05, 0) is 48.5 Å². The summed E-state index contributed by atoms with van der Waals surface area (Å²) in [5, 5.41) is 0. The topological polar surface area (TPSA) is 52.6 Å². The number of rotatable bonds is 3. The number of carbonyl (C=O) groups is 2. The summed E-state index contributed by atoms with van der Waals surface area (Å²) < 4.78 is 10.8. The van der Waals surface area contributed by atoms with E-state index in [0.29, 0.717) is 5.56 Å². The van der Waals surface area contributed by atoms with Crippen molar-refractivity contribution in [2.75, 3.05) is 0 Å². The number of hydrogen-bond donors (Lipinski definition) is 0. The van der Waals surface area contributed by atoms with Crippen molar-refractivity contribution < 1.29 is 19.1 Å². The van der Waals surface area contributed by atoms with Gasteiger partial charge in [0.2, 0.25) is 0 Å². The molecule has 22 heavy (non-hydrogen) atoms. The van der Waals surface area contributed by atoms with Crippen LogP contribution in [0.4, 0.5) is 0 Å². The molecule has 4 nitrogen and oxygen atoms in total. The molecule has 0 aromatic heterocycles. The van der Waals surface area contributed by atoms with Gasteiger partial charge in [-0.2, -0.15) is 0 Å². The SMILES string of the molecule is Cc1ccc(C(OC(=O)C(C)(C)C)OC(=O)C(C)(C)C)cc1. The standard InChI is InChI=1S/C18H26O4/c1-12-8-10-13(11-9-12)14(21-15(19)17(2,3)4)22-16(20)18(5,6)7/h8-11,14H,1-7H3. The third kappa shape index (κ3) is 5.17. The van der Waals surface area contributed by atoms with Crippen molar-refractivity contribution in [2.24, 2.45) is 10.8 Å². The highest BCUT2D eigenvalue weighted by molar-refractivity contribution is 5.77. The van der Waals surface area contributed by atoms with Gasteiger partial charge in [0.15, 0.2) is 0 Å². The molecule has 0 bridgehead atoms. The fourth-order valence-corrected chi connectivity index (χ4v) is 1.43. The van der Waals surface area contributed by atoms with Crippen molar-refractivity contribution in [1.82, 2.24) is 0 Å². The summed E-state index contributed by atoms with van der Waals surface area (Å²) in [6.07, 6.45) is -1.03. The van der Waals surface area contributed by atoms with E-state index in [1.807, 2.05) is 19.1 Å². The van der Waals surface area contributed by atoms with Crippen LogP contribution >= 0.6 is 0 Å². The van der Waals surface area contributed by atoms with E-state index in [-0.39, 0.29) is 0 Å². The molecule has 1 aromatic rings. The Morgan fingerprint density at radius 3 is 1.50 bits per heavy atom. The molecular formula is C18H26O4. The van der Waals surface area contributed by atoms with Crippen molar-refractivity contribution >= 4 is 11.9 Å². The van der Waals surface area contributed by atoms with Gasteiger partial charge < -0.3 is 9.47 Å². The molecule has 0 aliphatic carbocycles. The van der Waals surface area contributed by atoms with Crippen molar-refractivity contribution in [3.05, 3.63) is 35.4 Å². The van der Waals surface area contributed by atoms with Crippen molar-refractivity contribution in [3.8, 4) is 0 Å². The zero-order valence-corrected chi connectivity index (χ0v) is 14.5. The van der Waals surface area contributed by atoms with Crippen LogP contribution in [0.15, 0.2) is 24.3 Å². The molecule has 122 valence electrons. The summed E-state index contributed by atoms with van der Waals surface area (Å²) in [4.78, 5) is 24.3. The van der Waals surface area contributed by atoms with Gasteiger partial charge >= 0.3 is 11.9 Å². The Bertz CT molecular complexity index is 502. The molecular weight excluding hydrogens is 280 g/mol. The molecule has 0 unspecified atom stereocenters. The predicted octanol–water partition coefficient (Wildman–Crippen LogP) is 4.17. The first-order valence-corrected chi connectivity index (χ1v) is 7.40. The van der Waals surface area contributed by atoms with Gasteiger partial charge in [0.25, 0.3) is 6.29 Å². The van der Waals surface area contributed by atoms with Crippen LogP contribution < -0.4 is 0 Å². The zero-order chi connectivity index (χ0) is 17.1. The fraction of sp³-hybridized carbons (Fsp3) is 0.556. The predicted molar refractivity (Wildman–Crippen MR) is 85.0 cm³/mol. The Hall–Kier alpha value is -1.84. The number of benzene rings is 1. The molecule has 1 rings (SSSR count). The molecule has 0 N–H and O–H groups in total. The lowest BCUT2D eigenvalue weighted by molar-refractivity contribution is -0.200. The first-order chi connectivity index (χ1) is 9.91. The van der Waals surface area contributed by atoms with E-state index in [1.165, 1.54) is 0 Å². The molecule has 0 amide bonds. The summed E-state index contributed by atoms with van der Waals surface area (Å²) in [7, 11) is 0. The minimum absolute atomic E-state index is 0.417. The lowest BCUT2D eigenvalue weighted by Crippen LogP contribution is -2.30. The second-order valence-electron chi connectivity index (χ2n) is 7.55. The van der Waals surface area contributed by atoms with Gasteiger partial charge in [0.05, 0.1) is 10.8 Å². The minimum atomic E-state index is -1.03. The summed E-state index contributed by atoms with van der Waals surface area (Å²) in [5.41, 5.74) is 0.376. The van der Waals surface area contributed by atoms with Gasteiger partial charge in [0.1, 0.15) is 0 Å². The van der Waals surface area contributed by atoms with Crippen molar-refractivity contribution in [1.29, 1.82) is 0 Å². The van der Waals surface area contributed by atoms with E-state index < -0.39 is 29.1 Å². The van der Waals surface area contributed by atoms with E-state index >= 15 is 0 Å². The monoisotopic (exact) mass is 306 g/mol. The van der Waals surface area contributed by atoms with E-state index in [1.54, 1.807) is 53.7 Å². The van der Waals surface area contributed by atoms with Gasteiger partial charge in [-0.1, -0.05) is 29.8 Å². The van der Waals surface area contributed by atoms with Gasteiger partial charge in [-0.25, -0.2) is 0 Å². The fourth-order valence-electron chi connectivity index (χ4n) is 1.43.